The van der Waals surface area contributed by atoms with Crippen LogP contribution < -0.4 is 14.8 Å². The van der Waals surface area contributed by atoms with E-state index in [0.717, 1.165) is 34.7 Å². The quantitative estimate of drug-likeness (QED) is 0.520. The van der Waals surface area contributed by atoms with Crippen molar-refractivity contribution in [1.82, 2.24) is 0 Å². The van der Waals surface area contributed by atoms with Gasteiger partial charge in [-0.05, 0) is 68.2 Å². The van der Waals surface area contributed by atoms with Gasteiger partial charge in [0.2, 0.25) is 0 Å². The van der Waals surface area contributed by atoms with E-state index in [0.29, 0.717) is 18.1 Å². The van der Waals surface area contributed by atoms with Gasteiger partial charge in [-0.25, -0.2) is 4.79 Å². The van der Waals surface area contributed by atoms with Crippen molar-refractivity contribution >= 4 is 23.0 Å². The highest BCUT2D eigenvalue weighted by Crippen LogP contribution is 2.37. The van der Waals surface area contributed by atoms with Crippen molar-refractivity contribution in [2.75, 3.05) is 24.8 Å². The van der Waals surface area contributed by atoms with Gasteiger partial charge in [0.1, 0.15) is 22.9 Å². The number of fused-ring (bicyclic) bond motifs is 1. The van der Waals surface area contributed by atoms with Gasteiger partial charge in [-0.15, -0.1) is 0 Å². The molecular formula is C21H25NO5S. The van der Waals surface area contributed by atoms with E-state index < -0.39 is 22.9 Å². The van der Waals surface area contributed by atoms with Gasteiger partial charge >= 0.3 is 6.09 Å². The second-order valence-electron chi connectivity index (χ2n) is 7.02. The minimum Gasteiger partial charge on any atom is -0.611 e. The summed E-state index contributed by atoms with van der Waals surface area (Å²) in [5.74, 6) is 2.01. The first-order valence-electron chi connectivity index (χ1n) is 9.19. The van der Waals surface area contributed by atoms with E-state index in [9.17, 15) is 9.35 Å². The number of nitrogens with one attached hydrogen (secondary N) is 1. The maximum absolute atomic E-state index is 12.4. The molecule has 6 nitrogen and oxygen atoms in total. The van der Waals surface area contributed by atoms with Gasteiger partial charge in [0.15, 0.2) is 4.90 Å². The second kappa shape index (κ2) is 8.75. The number of rotatable bonds is 8. The molecule has 0 saturated heterocycles. The number of ether oxygens (including phenoxy) is 3. The lowest BCUT2D eigenvalue weighted by molar-refractivity contribution is 0.0418. The molecule has 0 fully saturated rings. The van der Waals surface area contributed by atoms with E-state index in [1.165, 1.54) is 0 Å². The van der Waals surface area contributed by atoms with Crippen LogP contribution in [0.15, 0.2) is 47.4 Å². The lowest BCUT2D eigenvalue weighted by Gasteiger charge is -2.32. The molecule has 150 valence electrons. The summed E-state index contributed by atoms with van der Waals surface area (Å²) in [5.41, 5.74) is 0.913. The maximum Gasteiger partial charge on any atom is 0.412 e. The molecule has 0 radical (unpaired) electrons. The molecular weight excluding hydrogens is 378 g/mol. The number of anilines is 1. The molecule has 1 atom stereocenters. The Hall–Kier alpha value is -2.38. The smallest absolute Gasteiger partial charge is 0.412 e. The SMILES string of the molecule is COc1cccc([S+]([O-])CCCCOc2ccc3c(c2)C(C)(C)OC(=O)N3)c1. The van der Waals surface area contributed by atoms with Crippen molar-refractivity contribution in [3.05, 3.63) is 48.0 Å². The Bertz CT molecular complexity index is 839. The summed E-state index contributed by atoms with van der Waals surface area (Å²) in [7, 11) is 1.60. The number of hydrogen-bond donors (Lipinski definition) is 1. The molecule has 0 spiro atoms. The van der Waals surface area contributed by atoms with E-state index in [1.54, 1.807) is 7.11 Å². The number of carbonyl (C=O) groups is 1. The lowest BCUT2D eigenvalue weighted by Crippen LogP contribution is -2.34. The Morgan fingerprint density at radius 2 is 1.96 bits per heavy atom. The first-order valence-corrected chi connectivity index (χ1v) is 10.5. The number of cyclic esters (lactones) is 1. The van der Waals surface area contributed by atoms with Crippen molar-refractivity contribution in [2.24, 2.45) is 0 Å². The van der Waals surface area contributed by atoms with Crippen LogP contribution in [-0.4, -0.2) is 30.1 Å². The number of carbonyl (C=O) groups excluding carboxylic acids is 1. The van der Waals surface area contributed by atoms with Gasteiger partial charge in [-0.1, -0.05) is 6.07 Å². The molecule has 0 saturated carbocycles. The van der Waals surface area contributed by atoms with Gasteiger partial charge in [0.25, 0.3) is 0 Å². The highest BCUT2D eigenvalue weighted by molar-refractivity contribution is 7.91. The lowest BCUT2D eigenvalue weighted by atomic mass is 9.94. The van der Waals surface area contributed by atoms with Gasteiger partial charge in [0, 0.05) is 11.6 Å². The summed E-state index contributed by atoms with van der Waals surface area (Å²) in [4.78, 5) is 12.3. The fourth-order valence-electron chi connectivity index (χ4n) is 3.03. The van der Waals surface area contributed by atoms with Crippen LogP contribution in [0.1, 0.15) is 32.3 Å². The molecule has 0 aliphatic carbocycles. The van der Waals surface area contributed by atoms with Crippen molar-refractivity contribution < 1.29 is 23.6 Å². The number of hydrogen-bond acceptors (Lipinski definition) is 5. The third kappa shape index (κ3) is 4.91. The van der Waals surface area contributed by atoms with Gasteiger partial charge in [0.05, 0.1) is 19.4 Å². The van der Waals surface area contributed by atoms with E-state index in [-0.39, 0.29) is 0 Å². The Morgan fingerprint density at radius 3 is 2.75 bits per heavy atom. The maximum atomic E-state index is 12.4. The third-order valence-corrected chi connectivity index (χ3v) is 5.96. The molecule has 3 rings (SSSR count). The van der Waals surface area contributed by atoms with E-state index in [4.69, 9.17) is 14.2 Å². The molecule has 28 heavy (non-hydrogen) atoms. The Morgan fingerprint density at radius 1 is 1.14 bits per heavy atom. The molecule has 1 aliphatic heterocycles. The van der Waals surface area contributed by atoms with Gasteiger partial charge < -0.3 is 18.8 Å². The first kappa shape index (κ1) is 20.4. The van der Waals surface area contributed by atoms with Crippen molar-refractivity contribution in [1.29, 1.82) is 0 Å². The highest BCUT2D eigenvalue weighted by Gasteiger charge is 2.33. The molecule has 0 bridgehead atoms. The van der Waals surface area contributed by atoms with Crippen LogP contribution >= 0.6 is 0 Å². The Kier molecular flexibility index (Phi) is 6.36. The van der Waals surface area contributed by atoms with Crippen LogP contribution in [0.5, 0.6) is 11.5 Å². The molecule has 0 aromatic heterocycles. The number of methoxy groups -OCH3 is 1. The monoisotopic (exact) mass is 403 g/mol. The second-order valence-corrected chi connectivity index (χ2v) is 8.59. The summed E-state index contributed by atoms with van der Waals surface area (Å²) in [6.07, 6.45) is 1.14. The summed E-state index contributed by atoms with van der Waals surface area (Å²) in [5, 5.41) is 2.70. The normalized spacial score (nSPS) is 15.8. The zero-order valence-electron chi connectivity index (χ0n) is 16.3. The predicted octanol–water partition coefficient (Wildman–Crippen LogP) is 4.46. The van der Waals surface area contributed by atoms with E-state index in [2.05, 4.69) is 5.32 Å². The average molecular weight is 404 g/mol. The fraction of sp³-hybridized carbons (Fsp3) is 0.381. The van der Waals surface area contributed by atoms with Crippen LogP contribution in [0.2, 0.25) is 0 Å². The molecule has 1 aliphatic rings. The number of amides is 1. The number of benzene rings is 2. The van der Waals surface area contributed by atoms with Crippen LogP contribution in [0, 0.1) is 0 Å². The molecule has 1 unspecified atom stereocenters. The third-order valence-electron chi connectivity index (χ3n) is 4.52. The van der Waals surface area contributed by atoms with E-state index in [1.807, 2.05) is 56.3 Å². The molecule has 7 heteroatoms. The van der Waals surface area contributed by atoms with Crippen LogP contribution in [-0.2, 0) is 21.5 Å². The highest BCUT2D eigenvalue weighted by atomic mass is 32.2. The molecule has 1 heterocycles. The van der Waals surface area contributed by atoms with E-state index >= 15 is 0 Å². The number of unbranched alkanes of at least 4 members (excludes halogenated alkanes) is 1. The predicted molar refractivity (Wildman–Crippen MR) is 109 cm³/mol. The largest absolute Gasteiger partial charge is 0.611 e. The van der Waals surface area contributed by atoms with Crippen molar-refractivity contribution in [3.63, 3.8) is 0 Å². The van der Waals surface area contributed by atoms with Crippen molar-refractivity contribution in [3.8, 4) is 11.5 Å². The molecule has 2 aromatic rings. The van der Waals surface area contributed by atoms with Gasteiger partial charge in [-0.3, -0.25) is 5.32 Å². The molecule has 1 amide bonds. The standard InChI is InChI=1S/C21H25NO5S/c1-21(2)18-14-16(9-10-19(18)22-20(23)27-21)26-11-4-5-12-28(24)17-8-6-7-15(13-17)25-3/h6-10,13-14H,4-5,11-12H2,1-3H3,(H,22,23). The van der Waals surface area contributed by atoms with Crippen molar-refractivity contribution in [2.45, 2.75) is 37.2 Å². The van der Waals surface area contributed by atoms with Crippen LogP contribution in [0.3, 0.4) is 0 Å². The fourth-order valence-corrected chi connectivity index (χ4v) is 4.21. The Labute approximate surface area is 168 Å². The molecule has 2 aromatic carbocycles. The zero-order valence-corrected chi connectivity index (χ0v) is 17.1. The average Bonchev–Trinajstić information content (AvgIpc) is 2.67. The van der Waals surface area contributed by atoms with Crippen LogP contribution in [0.25, 0.3) is 0 Å². The topological polar surface area (TPSA) is 79.8 Å². The summed E-state index contributed by atoms with van der Waals surface area (Å²) in [6, 6.07) is 12.9. The van der Waals surface area contributed by atoms with Gasteiger partial charge in [-0.2, -0.15) is 0 Å². The summed E-state index contributed by atoms with van der Waals surface area (Å²) in [6.45, 7) is 4.23. The summed E-state index contributed by atoms with van der Waals surface area (Å²) < 4.78 is 28.7. The zero-order chi connectivity index (χ0) is 20.1. The van der Waals surface area contributed by atoms with Crippen LogP contribution in [0.4, 0.5) is 10.5 Å². The summed E-state index contributed by atoms with van der Waals surface area (Å²) >= 11 is -1.05. The minimum atomic E-state index is -1.05. The first-order chi connectivity index (χ1) is 13.4. The minimum absolute atomic E-state index is 0.449. The Balaban J connectivity index is 1.47. The molecule has 1 N–H and O–H groups in total.